The highest BCUT2D eigenvalue weighted by Gasteiger charge is 2.23. The Morgan fingerprint density at radius 3 is 2.50 bits per heavy atom. The summed E-state index contributed by atoms with van der Waals surface area (Å²) < 4.78 is 11.9. The van der Waals surface area contributed by atoms with E-state index in [0.717, 1.165) is 28.3 Å². The zero-order chi connectivity index (χ0) is 21.7. The summed E-state index contributed by atoms with van der Waals surface area (Å²) in [4.78, 5) is 23.2. The molecule has 0 bridgehead atoms. The third kappa shape index (κ3) is 4.88. The fourth-order valence-electron chi connectivity index (χ4n) is 3.13. The van der Waals surface area contributed by atoms with Crippen LogP contribution in [0.2, 0.25) is 0 Å². The molecule has 0 N–H and O–H groups in total. The summed E-state index contributed by atoms with van der Waals surface area (Å²) in [6, 6.07) is 11.4. The Morgan fingerprint density at radius 2 is 1.83 bits per heavy atom. The zero-order valence-electron chi connectivity index (χ0n) is 18.0. The molecule has 0 saturated heterocycles. The van der Waals surface area contributed by atoms with Gasteiger partial charge in [0.1, 0.15) is 21.7 Å². The first kappa shape index (κ1) is 22.4. The third-order valence-electron chi connectivity index (χ3n) is 4.68. The molecule has 30 heavy (non-hydrogen) atoms. The SMILES string of the molecule is COc1ccc(OC)c2sc(N(CCCN(C)C)C(=O)c3cccc(SC)c3)nc12. The van der Waals surface area contributed by atoms with Gasteiger partial charge in [-0.1, -0.05) is 17.4 Å². The van der Waals surface area contributed by atoms with Gasteiger partial charge >= 0.3 is 0 Å². The van der Waals surface area contributed by atoms with E-state index in [4.69, 9.17) is 14.5 Å². The maximum atomic E-state index is 13.5. The van der Waals surface area contributed by atoms with Crippen molar-refractivity contribution in [3.05, 3.63) is 42.0 Å². The molecule has 0 atom stereocenters. The molecule has 8 heteroatoms. The molecule has 6 nitrogen and oxygen atoms in total. The number of methoxy groups -OCH3 is 2. The minimum atomic E-state index is -0.0540. The number of aromatic nitrogens is 1. The Hall–Kier alpha value is -2.29. The maximum absolute atomic E-state index is 13.5. The number of thiazole rings is 1. The Kier molecular flexibility index (Phi) is 7.58. The van der Waals surface area contributed by atoms with E-state index >= 15 is 0 Å². The lowest BCUT2D eigenvalue weighted by molar-refractivity contribution is 0.0986. The van der Waals surface area contributed by atoms with Gasteiger partial charge in [-0.25, -0.2) is 4.98 Å². The van der Waals surface area contributed by atoms with Gasteiger partial charge in [0.05, 0.1) is 14.2 Å². The van der Waals surface area contributed by atoms with Gasteiger partial charge in [-0.15, -0.1) is 11.8 Å². The lowest BCUT2D eigenvalue weighted by atomic mass is 10.2. The van der Waals surface area contributed by atoms with E-state index in [1.54, 1.807) is 30.9 Å². The van der Waals surface area contributed by atoms with Gasteiger partial charge in [0, 0.05) is 17.0 Å². The minimum absolute atomic E-state index is 0.0540. The molecular weight excluding hydrogens is 418 g/mol. The fourth-order valence-corrected chi connectivity index (χ4v) is 4.69. The smallest absolute Gasteiger partial charge is 0.260 e. The summed E-state index contributed by atoms with van der Waals surface area (Å²) in [5.74, 6) is 1.33. The molecular formula is C22H27N3O3S2. The molecule has 0 aliphatic carbocycles. The van der Waals surface area contributed by atoms with Crippen LogP contribution >= 0.6 is 23.1 Å². The number of fused-ring (bicyclic) bond motifs is 1. The van der Waals surface area contributed by atoms with Crippen molar-refractivity contribution in [3.63, 3.8) is 0 Å². The third-order valence-corrected chi connectivity index (χ3v) is 6.50. The average Bonchev–Trinajstić information content (AvgIpc) is 3.20. The number of nitrogens with zero attached hydrogens (tertiary/aromatic N) is 3. The van der Waals surface area contributed by atoms with Gasteiger partial charge < -0.3 is 14.4 Å². The van der Waals surface area contributed by atoms with Crippen molar-refractivity contribution in [3.8, 4) is 11.5 Å². The molecule has 0 spiro atoms. The Balaban J connectivity index is 2.04. The normalized spacial score (nSPS) is 11.1. The number of benzene rings is 2. The van der Waals surface area contributed by atoms with Crippen LogP contribution in [0, 0.1) is 0 Å². The number of carbonyl (C=O) groups is 1. The molecule has 0 fully saturated rings. The van der Waals surface area contributed by atoms with E-state index in [1.807, 2.05) is 56.7 Å². The summed E-state index contributed by atoms with van der Waals surface area (Å²) in [6.45, 7) is 1.46. The lowest BCUT2D eigenvalue weighted by Crippen LogP contribution is -2.33. The summed E-state index contributed by atoms with van der Waals surface area (Å²) in [5, 5.41) is 0.645. The maximum Gasteiger partial charge on any atom is 0.260 e. The summed E-state index contributed by atoms with van der Waals surface area (Å²) in [5.41, 5.74) is 1.37. The first-order valence-corrected chi connectivity index (χ1v) is 11.6. The molecule has 0 aliphatic rings. The van der Waals surface area contributed by atoms with Crippen LogP contribution in [-0.4, -0.2) is 63.5 Å². The van der Waals surface area contributed by atoms with Crippen LogP contribution in [0.1, 0.15) is 16.8 Å². The highest BCUT2D eigenvalue weighted by Crippen LogP contribution is 2.40. The second-order valence-corrected chi connectivity index (χ2v) is 8.85. The van der Waals surface area contributed by atoms with Crippen LogP contribution < -0.4 is 14.4 Å². The number of carbonyl (C=O) groups excluding carboxylic acids is 1. The molecule has 1 heterocycles. The Morgan fingerprint density at radius 1 is 1.10 bits per heavy atom. The summed E-state index contributed by atoms with van der Waals surface area (Å²) in [7, 11) is 7.31. The van der Waals surface area contributed by atoms with Crippen molar-refractivity contribution in [1.29, 1.82) is 0 Å². The predicted octanol–water partition coefficient (Wildman–Crippen LogP) is 4.63. The van der Waals surface area contributed by atoms with Crippen molar-refractivity contribution >= 4 is 44.4 Å². The van der Waals surface area contributed by atoms with Gasteiger partial charge in [-0.05, 0) is 63.6 Å². The number of anilines is 1. The van der Waals surface area contributed by atoms with Gasteiger partial charge in [-0.3, -0.25) is 9.69 Å². The molecule has 0 unspecified atom stereocenters. The largest absolute Gasteiger partial charge is 0.495 e. The molecule has 0 radical (unpaired) electrons. The van der Waals surface area contributed by atoms with E-state index in [0.29, 0.717) is 28.5 Å². The number of hydrogen-bond donors (Lipinski definition) is 0. The highest BCUT2D eigenvalue weighted by atomic mass is 32.2. The van der Waals surface area contributed by atoms with Crippen LogP contribution in [0.4, 0.5) is 5.13 Å². The molecule has 3 rings (SSSR count). The predicted molar refractivity (Wildman–Crippen MR) is 126 cm³/mol. The van der Waals surface area contributed by atoms with E-state index in [2.05, 4.69) is 4.90 Å². The number of thioether (sulfide) groups is 1. The van der Waals surface area contributed by atoms with Crippen molar-refractivity contribution in [2.45, 2.75) is 11.3 Å². The first-order chi connectivity index (χ1) is 14.5. The van der Waals surface area contributed by atoms with Crippen LogP contribution in [-0.2, 0) is 0 Å². The fraction of sp³-hybridized carbons (Fsp3) is 0.364. The quantitative estimate of drug-likeness (QED) is 0.448. The molecule has 3 aromatic rings. The highest BCUT2D eigenvalue weighted by molar-refractivity contribution is 7.98. The van der Waals surface area contributed by atoms with Crippen molar-refractivity contribution in [2.24, 2.45) is 0 Å². The first-order valence-electron chi connectivity index (χ1n) is 9.60. The second kappa shape index (κ2) is 10.1. The molecule has 1 aromatic heterocycles. The average molecular weight is 446 g/mol. The lowest BCUT2D eigenvalue weighted by Gasteiger charge is -2.21. The zero-order valence-corrected chi connectivity index (χ0v) is 19.6. The van der Waals surface area contributed by atoms with Gasteiger partial charge in [0.2, 0.25) is 0 Å². The Labute approximate surface area is 185 Å². The second-order valence-electron chi connectivity index (χ2n) is 6.99. The summed E-state index contributed by atoms with van der Waals surface area (Å²) >= 11 is 3.07. The molecule has 0 saturated carbocycles. The van der Waals surface area contributed by atoms with E-state index in [9.17, 15) is 4.79 Å². The van der Waals surface area contributed by atoms with Crippen molar-refractivity contribution in [2.75, 3.05) is 52.6 Å². The van der Waals surface area contributed by atoms with E-state index in [-0.39, 0.29) is 5.91 Å². The van der Waals surface area contributed by atoms with Crippen LogP contribution in [0.15, 0.2) is 41.3 Å². The van der Waals surface area contributed by atoms with Crippen molar-refractivity contribution < 1.29 is 14.3 Å². The van der Waals surface area contributed by atoms with E-state index in [1.165, 1.54) is 11.3 Å². The van der Waals surface area contributed by atoms with Gasteiger partial charge in [0.25, 0.3) is 5.91 Å². The Bertz CT molecular complexity index is 979. The molecule has 0 aliphatic heterocycles. The number of ether oxygens (including phenoxy) is 2. The standard InChI is InChI=1S/C22H27N3O3S2/c1-24(2)12-7-13-25(21(26)15-8-6-9-16(14-15)29-5)22-23-19-17(27-3)10-11-18(28-4)20(19)30-22/h6,8-11,14H,7,12-13H2,1-5H3. The minimum Gasteiger partial charge on any atom is -0.495 e. The topological polar surface area (TPSA) is 54.9 Å². The van der Waals surface area contributed by atoms with Crippen molar-refractivity contribution in [1.82, 2.24) is 9.88 Å². The summed E-state index contributed by atoms with van der Waals surface area (Å²) in [6.07, 6.45) is 2.84. The van der Waals surface area contributed by atoms with Crippen LogP contribution in [0.5, 0.6) is 11.5 Å². The monoisotopic (exact) mass is 445 g/mol. The molecule has 1 amide bonds. The number of rotatable bonds is 9. The number of amides is 1. The van der Waals surface area contributed by atoms with Gasteiger partial charge in [-0.2, -0.15) is 0 Å². The molecule has 2 aromatic carbocycles. The molecule has 160 valence electrons. The van der Waals surface area contributed by atoms with Crippen LogP contribution in [0.25, 0.3) is 10.2 Å². The van der Waals surface area contributed by atoms with E-state index < -0.39 is 0 Å². The number of hydrogen-bond acceptors (Lipinski definition) is 7. The van der Waals surface area contributed by atoms with Gasteiger partial charge in [0.15, 0.2) is 5.13 Å². The van der Waals surface area contributed by atoms with Crippen LogP contribution in [0.3, 0.4) is 0 Å².